The molecule has 0 bridgehead atoms. The van der Waals surface area contributed by atoms with Crippen molar-refractivity contribution in [1.82, 2.24) is 5.32 Å². The minimum atomic E-state index is -0.843. The monoisotopic (exact) mass is 269 g/mol. The summed E-state index contributed by atoms with van der Waals surface area (Å²) in [6.07, 6.45) is 5.22. The maximum atomic E-state index is 12.3. The highest BCUT2D eigenvalue weighted by Gasteiger charge is 2.36. The standard InChI is InChI=1S/C14H23NO4/c1-9(12-7-4-8-19-12)15-13(16)10-5-2-3-6-11(10)14(17)18/h9-12H,2-8H2,1H3,(H,15,16)(H,17,18)/t9?,10-,11+,12?/m1/s1. The number of aliphatic carboxylic acids is 1. The number of hydrogen-bond donors (Lipinski definition) is 2. The van der Waals surface area contributed by atoms with Gasteiger partial charge in [0.1, 0.15) is 0 Å². The van der Waals surface area contributed by atoms with E-state index in [0.29, 0.717) is 12.8 Å². The third-order valence-electron chi connectivity index (χ3n) is 4.31. The highest BCUT2D eigenvalue weighted by Crippen LogP contribution is 2.30. The third-order valence-corrected chi connectivity index (χ3v) is 4.31. The summed E-state index contributed by atoms with van der Waals surface area (Å²) in [5.74, 6) is -1.86. The van der Waals surface area contributed by atoms with Crippen molar-refractivity contribution < 1.29 is 19.4 Å². The highest BCUT2D eigenvalue weighted by molar-refractivity contribution is 5.85. The molecule has 2 N–H and O–H groups in total. The van der Waals surface area contributed by atoms with E-state index in [1.165, 1.54) is 0 Å². The van der Waals surface area contributed by atoms with Crippen LogP contribution in [0.2, 0.25) is 0 Å². The van der Waals surface area contributed by atoms with Crippen LogP contribution in [0, 0.1) is 11.8 Å². The Morgan fingerprint density at radius 3 is 2.42 bits per heavy atom. The Morgan fingerprint density at radius 2 is 1.84 bits per heavy atom. The minimum Gasteiger partial charge on any atom is -0.481 e. The Bertz CT molecular complexity index is 338. The molecule has 0 aromatic heterocycles. The third kappa shape index (κ3) is 3.47. The number of nitrogens with one attached hydrogen (secondary N) is 1. The molecule has 1 aliphatic heterocycles. The lowest BCUT2D eigenvalue weighted by Gasteiger charge is -2.29. The second-order valence-electron chi connectivity index (χ2n) is 5.68. The van der Waals surface area contributed by atoms with E-state index in [0.717, 1.165) is 32.3 Å². The average Bonchev–Trinajstić information content (AvgIpc) is 2.92. The van der Waals surface area contributed by atoms with Crippen LogP contribution in [0.4, 0.5) is 0 Å². The number of carboxylic acid groups (broad SMARTS) is 1. The normalized spacial score (nSPS) is 32.8. The molecule has 5 heteroatoms. The van der Waals surface area contributed by atoms with Gasteiger partial charge in [-0.15, -0.1) is 0 Å². The summed E-state index contributed by atoms with van der Waals surface area (Å²) in [5.41, 5.74) is 0. The summed E-state index contributed by atoms with van der Waals surface area (Å²) in [4.78, 5) is 23.5. The van der Waals surface area contributed by atoms with Crippen molar-refractivity contribution in [2.24, 2.45) is 11.8 Å². The van der Waals surface area contributed by atoms with Crippen LogP contribution in [-0.4, -0.2) is 35.7 Å². The van der Waals surface area contributed by atoms with Crippen LogP contribution in [0.5, 0.6) is 0 Å². The van der Waals surface area contributed by atoms with E-state index in [9.17, 15) is 14.7 Å². The van der Waals surface area contributed by atoms with Gasteiger partial charge in [0.05, 0.1) is 24.0 Å². The van der Waals surface area contributed by atoms with E-state index in [4.69, 9.17) is 4.74 Å². The first-order chi connectivity index (χ1) is 9.09. The molecule has 1 saturated carbocycles. The first kappa shape index (κ1) is 14.3. The Balaban J connectivity index is 1.91. The number of ether oxygens (including phenoxy) is 1. The SMILES string of the molecule is CC(NC(=O)[C@@H]1CCCC[C@@H]1C(=O)O)C1CCCO1. The number of carbonyl (C=O) groups is 2. The molecule has 1 amide bonds. The fourth-order valence-corrected chi connectivity index (χ4v) is 3.16. The molecule has 4 atom stereocenters. The first-order valence-corrected chi connectivity index (χ1v) is 7.24. The number of hydrogen-bond acceptors (Lipinski definition) is 3. The van der Waals surface area contributed by atoms with Crippen molar-refractivity contribution in [1.29, 1.82) is 0 Å². The van der Waals surface area contributed by atoms with Crippen molar-refractivity contribution in [3.8, 4) is 0 Å². The maximum absolute atomic E-state index is 12.3. The summed E-state index contributed by atoms with van der Waals surface area (Å²) in [5, 5.41) is 12.1. The maximum Gasteiger partial charge on any atom is 0.307 e. The predicted octanol–water partition coefficient (Wildman–Crippen LogP) is 1.56. The van der Waals surface area contributed by atoms with Crippen LogP contribution in [0.3, 0.4) is 0 Å². The molecule has 1 heterocycles. The van der Waals surface area contributed by atoms with Gasteiger partial charge >= 0.3 is 5.97 Å². The zero-order valence-corrected chi connectivity index (χ0v) is 11.4. The van der Waals surface area contributed by atoms with E-state index in [1.54, 1.807) is 0 Å². The molecule has 0 spiro atoms. The fraction of sp³-hybridized carbons (Fsp3) is 0.857. The van der Waals surface area contributed by atoms with Crippen LogP contribution >= 0.6 is 0 Å². The quantitative estimate of drug-likeness (QED) is 0.812. The van der Waals surface area contributed by atoms with Crippen LogP contribution in [0.15, 0.2) is 0 Å². The predicted molar refractivity (Wildman–Crippen MR) is 69.7 cm³/mol. The second kappa shape index (κ2) is 6.37. The topological polar surface area (TPSA) is 75.6 Å². The molecule has 0 aromatic carbocycles. The summed E-state index contributed by atoms with van der Waals surface area (Å²) >= 11 is 0. The largest absolute Gasteiger partial charge is 0.481 e. The lowest BCUT2D eigenvalue weighted by atomic mass is 9.78. The molecular weight excluding hydrogens is 246 g/mol. The molecule has 108 valence electrons. The average molecular weight is 269 g/mol. The molecule has 1 saturated heterocycles. The minimum absolute atomic E-state index is 0.0358. The van der Waals surface area contributed by atoms with Gasteiger partial charge in [0.2, 0.25) is 5.91 Å². The Hall–Kier alpha value is -1.10. The zero-order valence-electron chi connectivity index (χ0n) is 11.4. The smallest absolute Gasteiger partial charge is 0.307 e. The summed E-state index contributed by atoms with van der Waals surface area (Å²) in [7, 11) is 0. The van der Waals surface area contributed by atoms with E-state index >= 15 is 0 Å². The van der Waals surface area contributed by atoms with Crippen LogP contribution < -0.4 is 5.32 Å². The molecular formula is C14H23NO4. The zero-order chi connectivity index (χ0) is 13.8. The van der Waals surface area contributed by atoms with Gasteiger partial charge in [0.25, 0.3) is 0 Å². The first-order valence-electron chi connectivity index (χ1n) is 7.24. The van der Waals surface area contributed by atoms with Gasteiger partial charge < -0.3 is 15.2 Å². The molecule has 19 heavy (non-hydrogen) atoms. The summed E-state index contributed by atoms with van der Waals surface area (Å²) in [6.45, 7) is 2.69. The molecule has 0 aromatic rings. The van der Waals surface area contributed by atoms with E-state index in [-0.39, 0.29) is 24.0 Å². The molecule has 2 fully saturated rings. The highest BCUT2D eigenvalue weighted by atomic mass is 16.5. The van der Waals surface area contributed by atoms with E-state index in [2.05, 4.69) is 5.32 Å². The van der Waals surface area contributed by atoms with Gasteiger partial charge in [0, 0.05) is 6.61 Å². The fourth-order valence-electron chi connectivity index (χ4n) is 3.16. The van der Waals surface area contributed by atoms with E-state index < -0.39 is 11.9 Å². The lowest BCUT2D eigenvalue weighted by Crippen LogP contribution is -2.47. The van der Waals surface area contributed by atoms with Gasteiger partial charge in [-0.05, 0) is 32.6 Å². The van der Waals surface area contributed by atoms with Crippen LogP contribution in [0.1, 0.15) is 45.4 Å². The summed E-state index contributed by atoms with van der Waals surface area (Å²) < 4.78 is 5.55. The van der Waals surface area contributed by atoms with Crippen molar-refractivity contribution >= 4 is 11.9 Å². The molecule has 2 unspecified atom stereocenters. The Labute approximate surface area is 113 Å². The van der Waals surface area contributed by atoms with Gasteiger partial charge in [-0.25, -0.2) is 0 Å². The van der Waals surface area contributed by atoms with Crippen LogP contribution in [0.25, 0.3) is 0 Å². The van der Waals surface area contributed by atoms with Gasteiger partial charge in [-0.3, -0.25) is 9.59 Å². The Kier molecular flexibility index (Phi) is 4.80. The molecule has 1 aliphatic carbocycles. The number of rotatable bonds is 4. The number of carboxylic acids is 1. The lowest BCUT2D eigenvalue weighted by molar-refractivity contribution is -0.149. The molecule has 2 aliphatic rings. The van der Waals surface area contributed by atoms with Gasteiger partial charge in [-0.2, -0.15) is 0 Å². The van der Waals surface area contributed by atoms with Crippen molar-refractivity contribution in [3.05, 3.63) is 0 Å². The van der Waals surface area contributed by atoms with Gasteiger partial charge in [-0.1, -0.05) is 12.8 Å². The van der Waals surface area contributed by atoms with Crippen molar-refractivity contribution in [2.45, 2.75) is 57.6 Å². The summed E-state index contributed by atoms with van der Waals surface area (Å²) in [6, 6.07) is -0.0358. The van der Waals surface area contributed by atoms with E-state index in [1.807, 2.05) is 6.92 Å². The van der Waals surface area contributed by atoms with Crippen molar-refractivity contribution in [3.63, 3.8) is 0 Å². The second-order valence-corrected chi connectivity index (χ2v) is 5.68. The molecule has 5 nitrogen and oxygen atoms in total. The Morgan fingerprint density at radius 1 is 1.16 bits per heavy atom. The van der Waals surface area contributed by atoms with Gasteiger partial charge in [0.15, 0.2) is 0 Å². The number of carbonyl (C=O) groups excluding carboxylic acids is 1. The number of amides is 1. The van der Waals surface area contributed by atoms with Crippen molar-refractivity contribution in [2.75, 3.05) is 6.61 Å². The molecule has 2 rings (SSSR count). The van der Waals surface area contributed by atoms with Crippen LogP contribution in [-0.2, 0) is 14.3 Å². The molecule has 0 radical (unpaired) electrons.